The van der Waals surface area contributed by atoms with Gasteiger partial charge < -0.3 is 5.11 Å². The van der Waals surface area contributed by atoms with Gasteiger partial charge in [0.2, 0.25) is 0 Å². The molecule has 27 heavy (non-hydrogen) atoms. The lowest BCUT2D eigenvalue weighted by atomic mass is 9.89. The van der Waals surface area contributed by atoms with Crippen LogP contribution in [-0.4, -0.2) is 20.6 Å². The molecule has 1 atom stereocenters. The molecule has 0 radical (unpaired) electrons. The highest BCUT2D eigenvalue weighted by Crippen LogP contribution is 2.36. The van der Waals surface area contributed by atoms with Gasteiger partial charge in [0, 0.05) is 17.0 Å². The number of rotatable bonds is 4. The highest BCUT2D eigenvalue weighted by molar-refractivity contribution is 7.18. The smallest absolute Gasteiger partial charge is 0.305 e. The standard InChI is InChI=1S/C21H22N2O3S/c1-12-3-6-14(7-4-12)19-22-20-18(21(26)23(19)10-9-17(24)25)15-8-5-13(2)11-16(15)27-20/h3-4,6-7,13H,5,8-11H2,1-2H3,(H,24,25). The fourth-order valence-corrected chi connectivity index (χ4v) is 5.13. The summed E-state index contributed by atoms with van der Waals surface area (Å²) in [6.07, 6.45) is 2.86. The summed E-state index contributed by atoms with van der Waals surface area (Å²) in [6.45, 7) is 4.37. The Kier molecular flexibility index (Phi) is 4.60. The van der Waals surface area contributed by atoms with Crippen LogP contribution in [0.15, 0.2) is 29.1 Å². The number of fused-ring (bicyclic) bond motifs is 3. The number of hydrogen-bond donors (Lipinski definition) is 1. The van der Waals surface area contributed by atoms with Crippen LogP contribution in [0.4, 0.5) is 0 Å². The molecule has 2 aromatic heterocycles. The van der Waals surface area contributed by atoms with Crippen LogP contribution >= 0.6 is 11.3 Å². The fraction of sp³-hybridized carbons (Fsp3) is 0.381. The second-order valence-corrected chi connectivity index (χ2v) is 8.52. The van der Waals surface area contributed by atoms with Crippen LogP contribution in [0.2, 0.25) is 0 Å². The maximum Gasteiger partial charge on any atom is 0.305 e. The van der Waals surface area contributed by atoms with Crippen molar-refractivity contribution in [3.8, 4) is 11.4 Å². The number of aliphatic carboxylic acids is 1. The van der Waals surface area contributed by atoms with Gasteiger partial charge in [-0.25, -0.2) is 4.98 Å². The summed E-state index contributed by atoms with van der Waals surface area (Å²) in [5.74, 6) is 0.259. The Morgan fingerprint density at radius 2 is 2.07 bits per heavy atom. The van der Waals surface area contributed by atoms with E-state index in [1.165, 1.54) is 4.88 Å². The van der Waals surface area contributed by atoms with Gasteiger partial charge in [-0.05, 0) is 37.7 Å². The SMILES string of the molecule is Cc1ccc(-c2nc3sc4c(c3c(=O)n2CCC(=O)O)CCC(C)C4)cc1. The number of thiophene rings is 1. The van der Waals surface area contributed by atoms with Crippen molar-refractivity contribution in [2.24, 2.45) is 5.92 Å². The second-order valence-electron chi connectivity index (χ2n) is 7.43. The summed E-state index contributed by atoms with van der Waals surface area (Å²) in [5.41, 5.74) is 2.98. The zero-order valence-electron chi connectivity index (χ0n) is 15.5. The maximum atomic E-state index is 13.4. The molecular formula is C21H22N2O3S. The fourth-order valence-electron chi connectivity index (χ4n) is 3.76. The monoisotopic (exact) mass is 382 g/mol. The van der Waals surface area contributed by atoms with Gasteiger partial charge in [-0.3, -0.25) is 14.2 Å². The Labute approximate surface area is 161 Å². The Morgan fingerprint density at radius 1 is 1.33 bits per heavy atom. The third-order valence-corrected chi connectivity index (χ3v) is 6.42. The molecule has 4 rings (SSSR count). The first-order valence-electron chi connectivity index (χ1n) is 9.28. The van der Waals surface area contributed by atoms with Crippen LogP contribution < -0.4 is 5.56 Å². The van der Waals surface area contributed by atoms with Crippen LogP contribution in [-0.2, 0) is 24.2 Å². The van der Waals surface area contributed by atoms with Crippen LogP contribution in [0.25, 0.3) is 21.6 Å². The molecule has 6 heteroatoms. The van der Waals surface area contributed by atoms with Gasteiger partial charge >= 0.3 is 5.97 Å². The molecule has 5 nitrogen and oxygen atoms in total. The number of hydrogen-bond acceptors (Lipinski definition) is 4. The van der Waals surface area contributed by atoms with Crippen molar-refractivity contribution in [1.82, 2.24) is 9.55 Å². The van der Waals surface area contributed by atoms with Crippen molar-refractivity contribution < 1.29 is 9.90 Å². The number of nitrogens with zero attached hydrogens (tertiary/aromatic N) is 2. The molecule has 0 saturated carbocycles. The van der Waals surface area contributed by atoms with Crippen LogP contribution in [0, 0.1) is 12.8 Å². The molecule has 0 fully saturated rings. The zero-order valence-corrected chi connectivity index (χ0v) is 16.3. The summed E-state index contributed by atoms with van der Waals surface area (Å²) in [5, 5.41) is 9.82. The quantitative estimate of drug-likeness (QED) is 0.739. The molecule has 3 aromatic rings. The van der Waals surface area contributed by atoms with E-state index in [0.717, 1.165) is 40.8 Å². The maximum absolute atomic E-state index is 13.4. The largest absolute Gasteiger partial charge is 0.481 e. The second kappa shape index (κ2) is 6.93. The van der Waals surface area contributed by atoms with Crippen molar-refractivity contribution in [1.29, 1.82) is 0 Å². The molecular weight excluding hydrogens is 360 g/mol. The van der Waals surface area contributed by atoms with Gasteiger partial charge in [0.1, 0.15) is 10.7 Å². The predicted octanol–water partition coefficient (Wildman–Crippen LogP) is 4.03. The summed E-state index contributed by atoms with van der Waals surface area (Å²) in [7, 11) is 0. The molecule has 1 aliphatic rings. The normalized spacial score (nSPS) is 16.4. The first-order chi connectivity index (χ1) is 12.9. The zero-order chi connectivity index (χ0) is 19.1. The molecule has 1 aliphatic carbocycles. The van der Waals surface area contributed by atoms with Crippen molar-refractivity contribution in [2.45, 2.75) is 46.1 Å². The summed E-state index contributed by atoms with van der Waals surface area (Å²) in [4.78, 5) is 31.4. The molecule has 1 N–H and O–H groups in total. The Bertz CT molecular complexity index is 1080. The molecule has 0 bridgehead atoms. The third-order valence-electron chi connectivity index (χ3n) is 5.27. The van der Waals surface area contributed by atoms with Crippen molar-refractivity contribution in [2.75, 3.05) is 0 Å². The van der Waals surface area contributed by atoms with Crippen LogP contribution in [0.1, 0.15) is 35.8 Å². The Balaban J connectivity index is 1.95. The molecule has 0 saturated heterocycles. The highest BCUT2D eigenvalue weighted by Gasteiger charge is 2.25. The summed E-state index contributed by atoms with van der Waals surface area (Å²) < 4.78 is 1.55. The van der Waals surface area contributed by atoms with Crippen LogP contribution in [0.3, 0.4) is 0 Å². The number of carboxylic acids is 1. The average molecular weight is 382 g/mol. The van der Waals surface area contributed by atoms with E-state index in [1.807, 2.05) is 31.2 Å². The third kappa shape index (κ3) is 3.30. The van der Waals surface area contributed by atoms with Crippen molar-refractivity contribution in [3.63, 3.8) is 0 Å². The molecule has 0 aliphatic heterocycles. The van der Waals surface area contributed by atoms with Gasteiger partial charge in [-0.15, -0.1) is 11.3 Å². The Morgan fingerprint density at radius 3 is 2.78 bits per heavy atom. The minimum atomic E-state index is -0.918. The molecule has 1 aromatic carbocycles. The minimum Gasteiger partial charge on any atom is -0.481 e. The lowest BCUT2D eigenvalue weighted by Gasteiger charge is -2.17. The van der Waals surface area contributed by atoms with Gasteiger partial charge in [-0.2, -0.15) is 0 Å². The lowest BCUT2D eigenvalue weighted by Crippen LogP contribution is -2.25. The van der Waals surface area contributed by atoms with Crippen molar-refractivity contribution in [3.05, 3.63) is 50.6 Å². The average Bonchev–Trinajstić information content (AvgIpc) is 2.98. The van der Waals surface area contributed by atoms with E-state index in [2.05, 4.69) is 6.92 Å². The van der Waals surface area contributed by atoms with Gasteiger partial charge in [0.25, 0.3) is 5.56 Å². The summed E-state index contributed by atoms with van der Waals surface area (Å²) >= 11 is 1.62. The molecule has 0 spiro atoms. The van der Waals surface area contributed by atoms with E-state index in [9.17, 15) is 9.59 Å². The molecule has 0 amide bonds. The number of carbonyl (C=O) groups is 1. The van der Waals surface area contributed by atoms with Gasteiger partial charge in [0.05, 0.1) is 11.8 Å². The van der Waals surface area contributed by atoms with E-state index in [-0.39, 0.29) is 18.5 Å². The number of carboxylic acid groups (broad SMARTS) is 1. The minimum absolute atomic E-state index is 0.102. The van der Waals surface area contributed by atoms with Gasteiger partial charge in [0.15, 0.2) is 0 Å². The first kappa shape index (κ1) is 17.9. The van der Waals surface area contributed by atoms with E-state index in [1.54, 1.807) is 15.9 Å². The predicted molar refractivity (Wildman–Crippen MR) is 107 cm³/mol. The van der Waals surface area contributed by atoms with E-state index in [0.29, 0.717) is 17.1 Å². The van der Waals surface area contributed by atoms with E-state index in [4.69, 9.17) is 10.1 Å². The molecule has 140 valence electrons. The summed E-state index contributed by atoms with van der Waals surface area (Å²) in [6, 6.07) is 7.84. The molecule has 1 unspecified atom stereocenters. The van der Waals surface area contributed by atoms with Crippen molar-refractivity contribution >= 4 is 27.5 Å². The lowest BCUT2D eigenvalue weighted by molar-refractivity contribution is -0.137. The number of aryl methyl sites for hydroxylation is 2. The molecule has 2 heterocycles. The van der Waals surface area contributed by atoms with Gasteiger partial charge in [-0.1, -0.05) is 36.8 Å². The number of benzene rings is 1. The Hall–Kier alpha value is -2.47. The van der Waals surface area contributed by atoms with E-state index >= 15 is 0 Å². The van der Waals surface area contributed by atoms with Crippen LogP contribution in [0.5, 0.6) is 0 Å². The first-order valence-corrected chi connectivity index (χ1v) is 10.1. The van der Waals surface area contributed by atoms with E-state index < -0.39 is 5.97 Å². The highest BCUT2D eigenvalue weighted by atomic mass is 32.1. The number of aromatic nitrogens is 2. The topological polar surface area (TPSA) is 72.2 Å².